The highest BCUT2D eigenvalue weighted by Gasteiger charge is 2.16. The van der Waals surface area contributed by atoms with E-state index in [0.29, 0.717) is 5.69 Å². The number of hydrogen-bond acceptors (Lipinski definition) is 4. The topological polar surface area (TPSA) is 84.5 Å². The minimum absolute atomic E-state index is 0.0600. The van der Waals surface area contributed by atoms with Crippen LogP contribution in [-0.4, -0.2) is 21.1 Å². The van der Waals surface area contributed by atoms with Crippen LogP contribution in [0.25, 0.3) is 0 Å². The van der Waals surface area contributed by atoms with Crippen LogP contribution >= 0.6 is 0 Å². The van der Waals surface area contributed by atoms with Crippen molar-refractivity contribution < 1.29 is 22.3 Å². The van der Waals surface area contributed by atoms with E-state index < -0.39 is 21.9 Å². The molecular weight excluding hydrogens is 323 g/mol. The number of carbonyl (C=O) groups excluding carboxylic acids is 1. The maximum atomic E-state index is 13.5. The van der Waals surface area contributed by atoms with Gasteiger partial charge in [0.15, 0.2) is 0 Å². The Morgan fingerprint density at radius 3 is 2.39 bits per heavy atom. The largest absolute Gasteiger partial charge is 0.450 e. The molecule has 0 spiro atoms. The maximum Gasteiger partial charge on any atom is 0.411 e. The van der Waals surface area contributed by atoms with Crippen LogP contribution in [-0.2, 0) is 14.8 Å². The van der Waals surface area contributed by atoms with E-state index in [1.165, 1.54) is 42.5 Å². The van der Waals surface area contributed by atoms with E-state index in [0.717, 1.165) is 6.07 Å². The van der Waals surface area contributed by atoms with E-state index in [1.54, 1.807) is 6.92 Å². The molecule has 8 heteroatoms. The molecule has 122 valence electrons. The van der Waals surface area contributed by atoms with Gasteiger partial charge in [-0.05, 0) is 43.3 Å². The molecule has 1 amide bonds. The van der Waals surface area contributed by atoms with Gasteiger partial charge in [0.1, 0.15) is 5.82 Å². The molecule has 6 nitrogen and oxygen atoms in total. The van der Waals surface area contributed by atoms with E-state index in [4.69, 9.17) is 4.74 Å². The summed E-state index contributed by atoms with van der Waals surface area (Å²) in [6.45, 7) is 1.90. The molecule has 0 aliphatic rings. The first-order valence-corrected chi connectivity index (χ1v) is 8.22. The first-order valence-electron chi connectivity index (χ1n) is 6.73. The Bertz CT molecular complexity index is 791. The average molecular weight is 338 g/mol. The lowest BCUT2D eigenvalue weighted by Gasteiger charge is -2.10. The predicted molar refractivity (Wildman–Crippen MR) is 84.3 cm³/mol. The van der Waals surface area contributed by atoms with Gasteiger partial charge in [0.2, 0.25) is 0 Å². The molecule has 2 aromatic rings. The Hall–Kier alpha value is -2.61. The number of sulfonamides is 1. The van der Waals surface area contributed by atoms with Crippen molar-refractivity contribution in [2.24, 2.45) is 0 Å². The van der Waals surface area contributed by atoms with Gasteiger partial charge in [-0.1, -0.05) is 12.1 Å². The van der Waals surface area contributed by atoms with Crippen molar-refractivity contribution in [2.45, 2.75) is 11.8 Å². The van der Waals surface area contributed by atoms with Gasteiger partial charge in [0.25, 0.3) is 10.0 Å². The summed E-state index contributed by atoms with van der Waals surface area (Å²) in [5.41, 5.74) is 0.245. The number of hydrogen-bond donors (Lipinski definition) is 2. The summed E-state index contributed by atoms with van der Waals surface area (Å²) >= 11 is 0. The normalized spacial score (nSPS) is 10.9. The third-order valence-electron chi connectivity index (χ3n) is 2.80. The zero-order valence-corrected chi connectivity index (χ0v) is 13.1. The van der Waals surface area contributed by atoms with E-state index in [1.807, 2.05) is 0 Å². The fraction of sp³-hybridized carbons (Fsp3) is 0.133. The number of benzene rings is 2. The van der Waals surface area contributed by atoms with Gasteiger partial charge in [-0.3, -0.25) is 10.0 Å². The molecule has 0 saturated heterocycles. The predicted octanol–water partition coefficient (Wildman–Crippen LogP) is 3.19. The average Bonchev–Trinajstić information content (AvgIpc) is 2.50. The second-order valence-corrected chi connectivity index (χ2v) is 6.14. The second-order valence-electron chi connectivity index (χ2n) is 4.46. The minimum Gasteiger partial charge on any atom is -0.450 e. The van der Waals surface area contributed by atoms with Crippen molar-refractivity contribution in [1.29, 1.82) is 0 Å². The Labute approximate surface area is 133 Å². The fourth-order valence-electron chi connectivity index (χ4n) is 1.75. The maximum absolute atomic E-state index is 13.5. The molecule has 0 saturated carbocycles. The molecule has 23 heavy (non-hydrogen) atoms. The van der Waals surface area contributed by atoms with Crippen molar-refractivity contribution in [3.05, 3.63) is 54.3 Å². The van der Waals surface area contributed by atoms with Crippen LogP contribution in [0.3, 0.4) is 0 Å². The third-order valence-corrected chi connectivity index (χ3v) is 4.19. The number of ether oxygens (including phenoxy) is 1. The van der Waals surface area contributed by atoms with Crippen LogP contribution < -0.4 is 10.0 Å². The SMILES string of the molecule is CCOC(=O)Nc1ccc(S(=O)(=O)Nc2ccccc2F)cc1. The Morgan fingerprint density at radius 2 is 1.78 bits per heavy atom. The lowest BCUT2D eigenvalue weighted by atomic mass is 10.3. The number of nitrogens with one attached hydrogen (secondary N) is 2. The van der Waals surface area contributed by atoms with E-state index >= 15 is 0 Å². The summed E-state index contributed by atoms with van der Waals surface area (Å²) in [5, 5.41) is 2.44. The van der Waals surface area contributed by atoms with Gasteiger partial charge in [-0.25, -0.2) is 17.6 Å². The van der Waals surface area contributed by atoms with Gasteiger partial charge in [-0.2, -0.15) is 0 Å². The van der Waals surface area contributed by atoms with E-state index in [-0.39, 0.29) is 17.2 Å². The number of rotatable bonds is 5. The van der Waals surface area contributed by atoms with Crippen LogP contribution in [0, 0.1) is 5.82 Å². The van der Waals surface area contributed by atoms with Crippen molar-refractivity contribution in [3.8, 4) is 0 Å². The molecular formula is C15H15FN2O4S. The monoisotopic (exact) mass is 338 g/mol. The molecule has 0 heterocycles. The molecule has 0 radical (unpaired) electrons. The quantitative estimate of drug-likeness (QED) is 0.877. The molecule has 0 bridgehead atoms. The Morgan fingerprint density at radius 1 is 1.13 bits per heavy atom. The summed E-state index contributed by atoms with van der Waals surface area (Å²) < 4.78 is 44.8. The summed E-state index contributed by atoms with van der Waals surface area (Å²) in [7, 11) is -3.93. The van der Waals surface area contributed by atoms with Crippen molar-refractivity contribution in [2.75, 3.05) is 16.6 Å². The lowest BCUT2D eigenvalue weighted by molar-refractivity contribution is 0.168. The van der Waals surface area contributed by atoms with Crippen molar-refractivity contribution in [1.82, 2.24) is 0 Å². The summed E-state index contributed by atoms with van der Waals surface area (Å²) in [6.07, 6.45) is -0.632. The summed E-state index contributed by atoms with van der Waals surface area (Å²) in [6, 6.07) is 10.9. The minimum atomic E-state index is -3.93. The summed E-state index contributed by atoms with van der Waals surface area (Å²) in [4.78, 5) is 11.2. The highest BCUT2D eigenvalue weighted by Crippen LogP contribution is 2.20. The molecule has 0 aliphatic heterocycles. The third kappa shape index (κ3) is 4.43. The summed E-state index contributed by atoms with van der Waals surface area (Å²) in [5.74, 6) is -0.670. The Balaban J connectivity index is 2.14. The molecule has 0 atom stereocenters. The van der Waals surface area contributed by atoms with Gasteiger partial charge in [0, 0.05) is 5.69 Å². The van der Waals surface area contributed by atoms with Crippen LogP contribution in [0.5, 0.6) is 0 Å². The highest BCUT2D eigenvalue weighted by molar-refractivity contribution is 7.92. The smallest absolute Gasteiger partial charge is 0.411 e. The number of amides is 1. The zero-order chi connectivity index (χ0) is 16.9. The fourth-order valence-corrected chi connectivity index (χ4v) is 2.82. The molecule has 2 N–H and O–H groups in total. The number of anilines is 2. The standard InChI is InChI=1S/C15H15FN2O4S/c1-2-22-15(19)17-11-7-9-12(10-8-11)23(20,21)18-14-6-4-3-5-13(14)16/h3-10,18H,2H2,1H3,(H,17,19). The first kappa shape index (κ1) is 16.8. The van der Waals surface area contributed by atoms with Crippen LogP contribution in [0.15, 0.2) is 53.4 Å². The van der Waals surface area contributed by atoms with E-state index in [9.17, 15) is 17.6 Å². The van der Waals surface area contributed by atoms with Crippen LogP contribution in [0.1, 0.15) is 6.92 Å². The van der Waals surface area contributed by atoms with Gasteiger partial charge in [0.05, 0.1) is 17.2 Å². The van der Waals surface area contributed by atoms with Gasteiger partial charge in [-0.15, -0.1) is 0 Å². The molecule has 2 aromatic carbocycles. The van der Waals surface area contributed by atoms with Crippen LogP contribution in [0.2, 0.25) is 0 Å². The molecule has 0 unspecified atom stereocenters. The lowest BCUT2D eigenvalue weighted by Crippen LogP contribution is -2.15. The molecule has 0 aliphatic carbocycles. The van der Waals surface area contributed by atoms with Crippen molar-refractivity contribution >= 4 is 27.5 Å². The number of para-hydroxylation sites is 1. The number of halogens is 1. The molecule has 2 rings (SSSR count). The second kappa shape index (κ2) is 7.10. The number of carbonyl (C=O) groups is 1. The Kier molecular flexibility index (Phi) is 5.17. The van der Waals surface area contributed by atoms with Crippen LogP contribution in [0.4, 0.5) is 20.6 Å². The van der Waals surface area contributed by atoms with Gasteiger partial charge >= 0.3 is 6.09 Å². The molecule has 0 fully saturated rings. The molecule has 0 aromatic heterocycles. The highest BCUT2D eigenvalue weighted by atomic mass is 32.2. The van der Waals surface area contributed by atoms with Crippen molar-refractivity contribution in [3.63, 3.8) is 0 Å². The zero-order valence-electron chi connectivity index (χ0n) is 12.2. The van der Waals surface area contributed by atoms with E-state index in [2.05, 4.69) is 10.0 Å². The first-order chi connectivity index (χ1) is 10.9. The van der Waals surface area contributed by atoms with Gasteiger partial charge < -0.3 is 4.74 Å².